The van der Waals surface area contributed by atoms with Crippen LogP contribution in [-0.2, 0) is 16.1 Å². The van der Waals surface area contributed by atoms with Crippen molar-refractivity contribution in [2.24, 2.45) is 0 Å². The van der Waals surface area contributed by atoms with Crippen molar-refractivity contribution in [1.29, 1.82) is 0 Å². The van der Waals surface area contributed by atoms with E-state index < -0.39 is 5.95 Å². The van der Waals surface area contributed by atoms with Crippen LogP contribution in [0, 0.1) is 5.95 Å². The van der Waals surface area contributed by atoms with Crippen LogP contribution in [0.1, 0.15) is 18.5 Å². The predicted molar refractivity (Wildman–Crippen MR) is 104 cm³/mol. The number of H-pyrrole nitrogens is 1. The highest BCUT2D eigenvalue weighted by Gasteiger charge is 2.21. The van der Waals surface area contributed by atoms with Gasteiger partial charge in [0.2, 0.25) is 5.91 Å². The Morgan fingerprint density at radius 1 is 1.43 bits per heavy atom. The molecule has 0 saturated carbocycles. The summed E-state index contributed by atoms with van der Waals surface area (Å²) in [5.41, 5.74) is 2.69. The van der Waals surface area contributed by atoms with Gasteiger partial charge < -0.3 is 19.8 Å². The van der Waals surface area contributed by atoms with Crippen molar-refractivity contribution in [3.8, 4) is 17.0 Å². The molecule has 0 radical (unpaired) electrons. The van der Waals surface area contributed by atoms with Crippen LogP contribution in [-0.4, -0.2) is 35.7 Å². The van der Waals surface area contributed by atoms with Crippen molar-refractivity contribution < 1.29 is 18.7 Å². The van der Waals surface area contributed by atoms with Gasteiger partial charge in [0.25, 0.3) is 5.95 Å². The third kappa shape index (κ3) is 3.81. The zero-order chi connectivity index (χ0) is 19.7. The lowest BCUT2D eigenvalue weighted by molar-refractivity contribution is -0.129. The molecule has 6 nitrogen and oxygen atoms in total. The van der Waals surface area contributed by atoms with Gasteiger partial charge in [-0.15, -0.1) is 0 Å². The maximum atomic E-state index is 13.9. The minimum atomic E-state index is -0.693. The van der Waals surface area contributed by atoms with Crippen molar-refractivity contribution in [2.75, 3.05) is 13.7 Å². The number of amides is 1. The molecule has 3 heterocycles. The third-order valence-electron chi connectivity index (χ3n) is 4.76. The zero-order valence-electron chi connectivity index (χ0n) is 15.2. The number of nitrogens with zero attached hydrogens (tertiary/aromatic N) is 1. The summed E-state index contributed by atoms with van der Waals surface area (Å²) in [7, 11) is 1.39. The summed E-state index contributed by atoms with van der Waals surface area (Å²) < 4.78 is 24.1. The lowest BCUT2D eigenvalue weighted by Crippen LogP contribution is -2.34. The summed E-state index contributed by atoms with van der Waals surface area (Å²) in [5.74, 6) is -0.660. The predicted octanol–water partition coefficient (Wildman–Crippen LogP) is 3.83. The van der Waals surface area contributed by atoms with E-state index in [1.54, 1.807) is 12.1 Å². The topological polar surface area (TPSA) is 76.2 Å². The highest BCUT2D eigenvalue weighted by atomic mass is 35.5. The van der Waals surface area contributed by atoms with Crippen molar-refractivity contribution in [1.82, 2.24) is 15.3 Å². The number of nitrogens with one attached hydrogen (secondary N) is 2. The second-order valence-electron chi connectivity index (χ2n) is 6.67. The summed E-state index contributed by atoms with van der Waals surface area (Å²) >= 11 is 6.39. The Balaban J connectivity index is 1.53. The number of rotatable bonds is 6. The number of hydrogen-bond donors (Lipinski definition) is 2. The summed E-state index contributed by atoms with van der Waals surface area (Å²) in [6.07, 6.45) is 1.35. The number of fused-ring (bicyclic) bond motifs is 1. The molecule has 1 atom stereocenters. The zero-order valence-corrected chi connectivity index (χ0v) is 16.0. The number of pyridine rings is 1. The van der Waals surface area contributed by atoms with Gasteiger partial charge in [-0.1, -0.05) is 11.6 Å². The van der Waals surface area contributed by atoms with Gasteiger partial charge >= 0.3 is 0 Å². The molecule has 28 heavy (non-hydrogen) atoms. The molecule has 1 aromatic carbocycles. The number of benzene rings is 1. The number of carbonyl (C=O) groups excluding carboxylic acids is 1. The number of aromatic nitrogens is 2. The Hall–Kier alpha value is -2.64. The van der Waals surface area contributed by atoms with Crippen LogP contribution in [0.3, 0.4) is 0 Å². The Bertz CT molecular complexity index is 1030. The van der Waals surface area contributed by atoms with Gasteiger partial charge in [-0.25, -0.2) is 4.98 Å². The number of ether oxygens (including phenoxy) is 2. The fourth-order valence-corrected chi connectivity index (χ4v) is 3.42. The smallest absolute Gasteiger partial charge is 0.255 e. The van der Waals surface area contributed by atoms with Crippen LogP contribution < -0.4 is 10.1 Å². The van der Waals surface area contributed by atoms with Crippen molar-refractivity contribution >= 4 is 28.4 Å². The first-order valence-electron chi connectivity index (χ1n) is 8.94. The molecule has 2 aromatic heterocycles. The second kappa shape index (κ2) is 7.77. The van der Waals surface area contributed by atoms with E-state index in [1.165, 1.54) is 13.2 Å². The lowest BCUT2D eigenvalue weighted by Gasteiger charge is -2.25. The number of aromatic amines is 1. The molecular weight excluding hydrogens is 385 g/mol. The van der Waals surface area contributed by atoms with E-state index in [9.17, 15) is 9.18 Å². The van der Waals surface area contributed by atoms with Gasteiger partial charge in [0.15, 0.2) is 5.75 Å². The van der Waals surface area contributed by atoms with E-state index in [1.807, 2.05) is 12.1 Å². The fourth-order valence-electron chi connectivity index (χ4n) is 3.15. The summed E-state index contributed by atoms with van der Waals surface area (Å²) in [5, 5.41) is 4.24. The molecule has 8 heteroatoms. The van der Waals surface area contributed by atoms with Crippen molar-refractivity contribution in [3.63, 3.8) is 0 Å². The van der Waals surface area contributed by atoms with E-state index in [2.05, 4.69) is 15.3 Å². The maximum absolute atomic E-state index is 13.9. The normalized spacial score (nSPS) is 16.0. The van der Waals surface area contributed by atoms with E-state index in [4.69, 9.17) is 21.1 Å². The maximum Gasteiger partial charge on any atom is 0.255 e. The lowest BCUT2D eigenvalue weighted by atomic mass is 10.1. The average Bonchev–Trinajstić information content (AvgIpc) is 3.04. The van der Waals surface area contributed by atoms with Gasteiger partial charge in [0, 0.05) is 28.8 Å². The first-order valence-corrected chi connectivity index (χ1v) is 9.31. The van der Waals surface area contributed by atoms with Gasteiger partial charge in [0.1, 0.15) is 0 Å². The molecule has 0 aliphatic carbocycles. The van der Waals surface area contributed by atoms with Crippen LogP contribution in [0.4, 0.5) is 4.39 Å². The minimum Gasteiger partial charge on any atom is -0.492 e. The van der Waals surface area contributed by atoms with Crippen molar-refractivity contribution in [3.05, 3.63) is 47.0 Å². The van der Waals surface area contributed by atoms with E-state index >= 15 is 0 Å². The number of hydrogen-bond acceptors (Lipinski definition) is 4. The molecule has 2 N–H and O–H groups in total. The summed E-state index contributed by atoms with van der Waals surface area (Å²) in [6.45, 7) is 1.11. The summed E-state index contributed by atoms with van der Waals surface area (Å²) in [4.78, 5) is 19.1. The molecule has 1 fully saturated rings. The fraction of sp³-hybridized carbons (Fsp3) is 0.300. The highest BCUT2D eigenvalue weighted by molar-refractivity contribution is 6.34. The van der Waals surface area contributed by atoms with Crippen molar-refractivity contribution in [2.45, 2.75) is 25.5 Å². The monoisotopic (exact) mass is 403 g/mol. The first-order chi connectivity index (χ1) is 13.5. The molecule has 1 aliphatic rings. The molecule has 1 aliphatic heterocycles. The number of halogens is 2. The molecule has 0 bridgehead atoms. The molecule has 146 valence electrons. The first kappa shape index (κ1) is 18.7. The standard InChI is InChI=1S/C20H19ClFN3O3/c1-27-18-3-2-16(25-20(18)22)14-9-17-11(7-15(14)21)6-12(24-17)10-23-19(26)8-13-4-5-28-13/h2-3,6-7,9,13,24H,4-5,8,10H2,1H3,(H,23,26)/t13-/m0/s1. The average molecular weight is 404 g/mol. The van der Waals surface area contributed by atoms with Crippen LogP contribution in [0.5, 0.6) is 5.75 Å². The largest absolute Gasteiger partial charge is 0.492 e. The molecular formula is C20H19ClFN3O3. The number of carbonyl (C=O) groups is 1. The highest BCUT2D eigenvalue weighted by Crippen LogP contribution is 2.32. The molecule has 1 amide bonds. The molecule has 0 spiro atoms. The van der Waals surface area contributed by atoms with Crippen LogP contribution in [0.15, 0.2) is 30.3 Å². The Labute approximate surface area is 166 Å². The van der Waals surface area contributed by atoms with Gasteiger partial charge in [-0.05, 0) is 36.8 Å². The van der Waals surface area contributed by atoms with E-state index in [0.29, 0.717) is 29.2 Å². The molecule has 1 saturated heterocycles. The van der Waals surface area contributed by atoms with E-state index in [0.717, 1.165) is 29.6 Å². The SMILES string of the molecule is COc1ccc(-c2cc3[nH]c(CNC(=O)C[C@@H]4CCO4)cc3cc2Cl)nc1F. The Kier molecular flexibility index (Phi) is 5.19. The van der Waals surface area contributed by atoms with Gasteiger partial charge in [-0.3, -0.25) is 4.79 Å². The van der Waals surface area contributed by atoms with Crippen LogP contribution in [0.2, 0.25) is 5.02 Å². The molecule has 3 aromatic rings. The van der Waals surface area contributed by atoms with E-state index in [-0.39, 0.29) is 17.8 Å². The van der Waals surface area contributed by atoms with Crippen LogP contribution >= 0.6 is 11.6 Å². The van der Waals surface area contributed by atoms with Gasteiger partial charge in [0.05, 0.1) is 36.9 Å². The molecule has 0 unspecified atom stereocenters. The Morgan fingerprint density at radius 3 is 2.93 bits per heavy atom. The quantitative estimate of drug-likeness (QED) is 0.613. The summed E-state index contributed by atoms with van der Waals surface area (Å²) in [6, 6.07) is 8.70. The minimum absolute atomic E-state index is 0.0417. The number of methoxy groups -OCH3 is 1. The second-order valence-corrected chi connectivity index (χ2v) is 7.07. The third-order valence-corrected chi connectivity index (χ3v) is 5.07. The van der Waals surface area contributed by atoms with Gasteiger partial charge in [-0.2, -0.15) is 4.39 Å². The van der Waals surface area contributed by atoms with Crippen LogP contribution in [0.25, 0.3) is 22.2 Å². The Morgan fingerprint density at radius 2 is 2.25 bits per heavy atom. The molecule has 4 rings (SSSR count).